The highest BCUT2D eigenvalue weighted by Gasteiger charge is 2.01. The lowest BCUT2D eigenvalue weighted by Crippen LogP contribution is -2.55. The summed E-state index contributed by atoms with van der Waals surface area (Å²) in [7, 11) is 0. The van der Waals surface area contributed by atoms with Crippen molar-refractivity contribution in [2.24, 2.45) is 17.2 Å². The van der Waals surface area contributed by atoms with Crippen molar-refractivity contribution >= 4 is 0 Å². The van der Waals surface area contributed by atoms with Crippen molar-refractivity contribution in [3.63, 3.8) is 0 Å². The van der Waals surface area contributed by atoms with Crippen LogP contribution in [0.1, 0.15) is 6.92 Å². The lowest BCUT2D eigenvalue weighted by molar-refractivity contribution is 0.582. The van der Waals surface area contributed by atoms with Gasteiger partial charge < -0.3 is 0 Å². The van der Waals surface area contributed by atoms with E-state index in [1.165, 1.54) is 6.08 Å². The van der Waals surface area contributed by atoms with Gasteiger partial charge in [-0.15, -0.1) is 0 Å². The molecule has 0 aromatic heterocycles. The minimum Gasteiger partial charge on any atom is -0.298 e. The van der Waals surface area contributed by atoms with Crippen molar-refractivity contribution in [3.05, 3.63) is 12.2 Å². The topological polar surface area (TPSA) is 78.1 Å². The van der Waals surface area contributed by atoms with Crippen LogP contribution in [-0.2, 0) is 0 Å². The summed E-state index contributed by atoms with van der Waals surface area (Å²) in [6, 6.07) is 0. The van der Waals surface area contributed by atoms with Gasteiger partial charge in [0.15, 0.2) is 0 Å². The molecule has 0 fully saturated rings. The van der Waals surface area contributed by atoms with Gasteiger partial charge >= 0.3 is 0 Å². The Bertz CT molecular complexity index is 69.5. The van der Waals surface area contributed by atoms with Gasteiger partial charge in [0.1, 0.15) is 5.79 Å². The summed E-state index contributed by atoms with van der Waals surface area (Å²) >= 11 is 0. The maximum atomic E-state index is 5.11. The fraction of sp³-hybridized carbons (Fsp3) is 0.500. The average molecular weight is 101 g/mol. The van der Waals surface area contributed by atoms with E-state index in [0.29, 0.717) is 0 Å². The minimum atomic E-state index is -1.13. The van der Waals surface area contributed by atoms with Gasteiger partial charge in [-0.3, -0.25) is 17.2 Å². The van der Waals surface area contributed by atoms with Gasteiger partial charge in [0, 0.05) is 0 Å². The van der Waals surface area contributed by atoms with Crippen LogP contribution in [0.2, 0.25) is 0 Å². The summed E-state index contributed by atoms with van der Waals surface area (Å²) in [5, 5.41) is 0. The van der Waals surface area contributed by atoms with E-state index >= 15 is 0 Å². The summed E-state index contributed by atoms with van der Waals surface area (Å²) in [5.41, 5.74) is 15.3. The molecule has 0 unspecified atom stereocenters. The van der Waals surface area contributed by atoms with E-state index in [0.717, 1.165) is 0 Å². The van der Waals surface area contributed by atoms with Gasteiger partial charge in [-0.25, -0.2) is 0 Å². The molecule has 0 spiro atoms. The lowest BCUT2D eigenvalue weighted by Gasteiger charge is -2.10. The molecule has 7 heavy (non-hydrogen) atoms. The second-order valence-corrected chi connectivity index (χ2v) is 1.50. The normalized spacial score (nSPS) is 13.1. The Kier molecular flexibility index (Phi) is 1.95. The zero-order valence-corrected chi connectivity index (χ0v) is 4.39. The van der Waals surface area contributed by atoms with E-state index in [1.807, 2.05) is 0 Å². The quantitative estimate of drug-likeness (QED) is 0.295. The number of hydrogen-bond acceptors (Lipinski definition) is 3. The van der Waals surface area contributed by atoms with Gasteiger partial charge in [0.25, 0.3) is 0 Å². The third-order valence-electron chi connectivity index (χ3n) is 0.455. The molecule has 3 nitrogen and oxygen atoms in total. The lowest BCUT2D eigenvalue weighted by atomic mass is 10.4. The monoisotopic (exact) mass is 101 g/mol. The van der Waals surface area contributed by atoms with Crippen LogP contribution in [0.3, 0.4) is 0 Å². The second-order valence-electron chi connectivity index (χ2n) is 1.50. The molecule has 3 heteroatoms. The zero-order valence-electron chi connectivity index (χ0n) is 4.39. The molecule has 0 saturated heterocycles. The third-order valence-corrected chi connectivity index (χ3v) is 0.455. The first-order chi connectivity index (χ1) is 3.06. The molecule has 0 bridgehead atoms. The molecule has 6 N–H and O–H groups in total. The van der Waals surface area contributed by atoms with Gasteiger partial charge in [0.05, 0.1) is 0 Å². The highest BCUT2D eigenvalue weighted by Crippen LogP contribution is 1.77. The molecule has 0 amide bonds. The molecule has 0 radical (unpaired) electrons. The molecule has 0 rings (SSSR count). The molecule has 0 saturated carbocycles. The largest absolute Gasteiger partial charge is 0.298 e. The Morgan fingerprint density at radius 3 is 1.71 bits per heavy atom. The molecule has 0 aromatic carbocycles. The second kappa shape index (κ2) is 2.07. The van der Waals surface area contributed by atoms with Gasteiger partial charge in [-0.2, -0.15) is 0 Å². The van der Waals surface area contributed by atoms with Crippen LogP contribution in [0.5, 0.6) is 0 Å². The molecule has 42 valence electrons. The van der Waals surface area contributed by atoms with Crippen LogP contribution < -0.4 is 17.2 Å². The molecule has 0 aromatic rings. The predicted molar refractivity (Wildman–Crippen MR) is 30.1 cm³/mol. The first-order valence-corrected chi connectivity index (χ1v) is 2.07. The number of hydrogen-bond donors (Lipinski definition) is 3. The standard InChI is InChI=1S/C4H11N3/c1-2-3-4(5,6)7/h2-3H,5-7H2,1H3. The fourth-order valence-electron chi connectivity index (χ4n) is 0.289. The molecule has 0 heterocycles. The first kappa shape index (κ1) is 6.62. The van der Waals surface area contributed by atoms with Crippen molar-refractivity contribution in [3.8, 4) is 0 Å². The van der Waals surface area contributed by atoms with Crippen LogP contribution in [-0.4, -0.2) is 5.79 Å². The molecule has 0 aliphatic rings. The van der Waals surface area contributed by atoms with Gasteiger partial charge in [-0.05, 0) is 13.0 Å². The summed E-state index contributed by atoms with van der Waals surface area (Å²) < 4.78 is 0. The van der Waals surface area contributed by atoms with Crippen LogP contribution in [0.4, 0.5) is 0 Å². The fourth-order valence-corrected chi connectivity index (χ4v) is 0.289. The Morgan fingerprint density at radius 2 is 1.71 bits per heavy atom. The van der Waals surface area contributed by atoms with E-state index < -0.39 is 5.79 Å². The van der Waals surface area contributed by atoms with E-state index in [9.17, 15) is 0 Å². The van der Waals surface area contributed by atoms with Crippen molar-refractivity contribution in [1.82, 2.24) is 0 Å². The average Bonchev–Trinajstić information content (AvgIpc) is 1.30. The highest BCUT2D eigenvalue weighted by molar-refractivity contribution is 4.94. The van der Waals surface area contributed by atoms with Gasteiger partial charge in [-0.1, -0.05) is 6.08 Å². The number of allylic oxidation sites excluding steroid dienone is 1. The molecule has 0 aliphatic carbocycles. The highest BCUT2D eigenvalue weighted by atomic mass is 15.1. The van der Waals surface area contributed by atoms with Crippen LogP contribution in [0.15, 0.2) is 12.2 Å². The van der Waals surface area contributed by atoms with Gasteiger partial charge in [0.2, 0.25) is 0 Å². The maximum absolute atomic E-state index is 5.11. The molecular weight excluding hydrogens is 90.1 g/mol. The number of nitrogens with two attached hydrogens (primary N) is 3. The zero-order chi connectivity index (χ0) is 5.91. The van der Waals surface area contributed by atoms with Crippen LogP contribution >= 0.6 is 0 Å². The molecule has 0 atom stereocenters. The predicted octanol–water partition coefficient (Wildman–Crippen LogP) is -0.908. The van der Waals surface area contributed by atoms with Crippen LogP contribution in [0.25, 0.3) is 0 Å². The Balaban J connectivity index is 3.56. The summed E-state index contributed by atoms with van der Waals surface area (Å²) in [6.07, 6.45) is 3.23. The van der Waals surface area contributed by atoms with Crippen molar-refractivity contribution in [2.75, 3.05) is 0 Å². The van der Waals surface area contributed by atoms with E-state index in [-0.39, 0.29) is 0 Å². The van der Waals surface area contributed by atoms with E-state index in [4.69, 9.17) is 17.2 Å². The Labute approximate surface area is 43.2 Å². The summed E-state index contributed by atoms with van der Waals surface area (Å²) in [6.45, 7) is 1.81. The van der Waals surface area contributed by atoms with Crippen LogP contribution in [0, 0.1) is 0 Å². The summed E-state index contributed by atoms with van der Waals surface area (Å²) in [4.78, 5) is 0. The van der Waals surface area contributed by atoms with Crippen molar-refractivity contribution in [2.45, 2.75) is 12.7 Å². The SMILES string of the molecule is CC=CC(N)(N)N. The minimum absolute atomic E-state index is 1.13. The molecular formula is C4H11N3. The number of rotatable bonds is 1. The first-order valence-electron chi connectivity index (χ1n) is 2.07. The Morgan fingerprint density at radius 1 is 1.29 bits per heavy atom. The molecule has 0 aliphatic heterocycles. The third kappa shape index (κ3) is 5.62. The maximum Gasteiger partial charge on any atom is 0.135 e. The van der Waals surface area contributed by atoms with E-state index in [2.05, 4.69) is 0 Å². The van der Waals surface area contributed by atoms with Crippen molar-refractivity contribution < 1.29 is 0 Å². The summed E-state index contributed by atoms with van der Waals surface area (Å²) in [5.74, 6) is -1.13. The smallest absolute Gasteiger partial charge is 0.135 e. The van der Waals surface area contributed by atoms with Crippen molar-refractivity contribution in [1.29, 1.82) is 0 Å². The Hall–Kier alpha value is -0.380. The van der Waals surface area contributed by atoms with E-state index in [1.54, 1.807) is 13.0 Å².